The van der Waals surface area contributed by atoms with Gasteiger partial charge < -0.3 is 15.8 Å². The maximum atomic E-state index is 13.3. The summed E-state index contributed by atoms with van der Waals surface area (Å²) in [6.45, 7) is -0.274. The van der Waals surface area contributed by atoms with Crippen molar-refractivity contribution in [1.29, 1.82) is 0 Å². The van der Waals surface area contributed by atoms with Crippen LogP contribution in [0.25, 0.3) is 0 Å². The minimum atomic E-state index is -0.543. The fraction of sp³-hybridized carbons (Fsp3) is 0.0667. The lowest BCUT2D eigenvalue weighted by atomic mass is 10.2. The van der Waals surface area contributed by atoms with Crippen LogP contribution in [-0.2, 0) is 4.79 Å². The molecule has 0 radical (unpaired) electrons. The van der Waals surface area contributed by atoms with E-state index in [-0.39, 0.29) is 12.3 Å². The molecule has 21 heavy (non-hydrogen) atoms. The van der Waals surface area contributed by atoms with Crippen molar-refractivity contribution in [3.05, 3.63) is 59.9 Å². The molecule has 0 saturated carbocycles. The Balaban J connectivity index is 1.89. The zero-order chi connectivity index (χ0) is 15.2. The summed E-state index contributed by atoms with van der Waals surface area (Å²) in [5, 5.41) is 2.40. The minimum Gasteiger partial charge on any atom is -0.484 e. The van der Waals surface area contributed by atoms with Gasteiger partial charge in [-0.1, -0.05) is 12.1 Å². The third-order valence-corrected chi connectivity index (χ3v) is 2.66. The van der Waals surface area contributed by atoms with Crippen molar-refractivity contribution in [2.24, 2.45) is 5.73 Å². The molecule has 0 aliphatic heterocycles. The quantitative estimate of drug-likeness (QED) is 0.882. The van der Waals surface area contributed by atoms with Gasteiger partial charge in [0.25, 0.3) is 5.91 Å². The first-order valence-electron chi connectivity index (χ1n) is 6.13. The number of nitrogens with two attached hydrogens (primary N) is 1. The predicted octanol–water partition coefficient (Wildman–Crippen LogP) is 1.94. The Kier molecular flexibility index (Phi) is 4.50. The van der Waals surface area contributed by atoms with Crippen LogP contribution in [-0.4, -0.2) is 18.4 Å². The summed E-state index contributed by atoms with van der Waals surface area (Å²) in [5.41, 5.74) is 5.55. The van der Waals surface area contributed by atoms with E-state index < -0.39 is 17.6 Å². The van der Waals surface area contributed by atoms with Gasteiger partial charge in [0.05, 0.1) is 5.69 Å². The number of halogens is 1. The zero-order valence-corrected chi connectivity index (χ0v) is 11.0. The van der Waals surface area contributed by atoms with Crippen molar-refractivity contribution in [2.75, 3.05) is 11.9 Å². The van der Waals surface area contributed by atoms with Crippen LogP contribution in [0.15, 0.2) is 48.5 Å². The highest BCUT2D eigenvalue weighted by atomic mass is 19.1. The highest BCUT2D eigenvalue weighted by Crippen LogP contribution is 2.14. The Morgan fingerprint density at radius 1 is 1.10 bits per heavy atom. The molecule has 6 heteroatoms. The van der Waals surface area contributed by atoms with E-state index >= 15 is 0 Å². The molecule has 0 aromatic heterocycles. The second-order valence-electron chi connectivity index (χ2n) is 4.21. The number of carbonyl (C=O) groups excluding carboxylic acids is 2. The molecule has 3 N–H and O–H groups in total. The standard InChI is InChI=1S/C15H13FN2O3/c16-12-3-1-2-4-13(12)18-14(19)9-21-11-7-5-10(6-8-11)15(17)20/h1-8H,9H2,(H2,17,20)(H,18,19). The topological polar surface area (TPSA) is 81.4 Å². The van der Waals surface area contributed by atoms with Gasteiger partial charge in [0.2, 0.25) is 5.91 Å². The van der Waals surface area contributed by atoms with Crippen molar-refractivity contribution in [2.45, 2.75) is 0 Å². The molecule has 0 aliphatic carbocycles. The largest absolute Gasteiger partial charge is 0.484 e. The van der Waals surface area contributed by atoms with Crippen molar-refractivity contribution >= 4 is 17.5 Å². The number of anilines is 1. The summed E-state index contributed by atoms with van der Waals surface area (Å²) in [7, 11) is 0. The molecule has 108 valence electrons. The van der Waals surface area contributed by atoms with Gasteiger partial charge in [-0.15, -0.1) is 0 Å². The van der Waals surface area contributed by atoms with E-state index in [1.807, 2.05) is 0 Å². The van der Waals surface area contributed by atoms with Crippen LogP contribution in [0.2, 0.25) is 0 Å². The maximum Gasteiger partial charge on any atom is 0.262 e. The van der Waals surface area contributed by atoms with Crippen molar-refractivity contribution in [1.82, 2.24) is 0 Å². The fourth-order valence-corrected chi connectivity index (χ4v) is 1.61. The number of rotatable bonds is 5. The Labute approximate surface area is 120 Å². The first-order chi connectivity index (χ1) is 10.1. The molecule has 2 aromatic rings. The van der Waals surface area contributed by atoms with E-state index in [2.05, 4.69) is 5.32 Å². The van der Waals surface area contributed by atoms with Gasteiger partial charge in [0, 0.05) is 5.56 Å². The molecule has 0 atom stereocenters. The van der Waals surface area contributed by atoms with Gasteiger partial charge in [-0.3, -0.25) is 9.59 Å². The molecule has 0 fully saturated rings. The maximum absolute atomic E-state index is 13.3. The fourth-order valence-electron chi connectivity index (χ4n) is 1.61. The molecular weight excluding hydrogens is 275 g/mol. The molecule has 0 saturated heterocycles. The smallest absolute Gasteiger partial charge is 0.262 e. The molecule has 2 rings (SSSR count). The minimum absolute atomic E-state index is 0.0928. The predicted molar refractivity (Wildman–Crippen MR) is 75.5 cm³/mol. The highest BCUT2D eigenvalue weighted by Gasteiger charge is 2.07. The molecular formula is C15H13FN2O3. The zero-order valence-electron chi connectivity index (χ0n) is 11.0. The summed E-state index contributed by atoms with van der Waals surface area (Å²) in [5.74, 6) is -1.14. The molecule has 0 aliphatic rings. The van der Waals surface area contributed by atoms with Gasteiger partial charge in [-0.05, 0) is 36.4 Å². The summed E-state index contributed by atoms with van der Waals surface area (Å²) in [6, 6.07) is 11.9. The van der Waals surface area contributed by atoms with E-state index in [0.717, 1.165) is 0 Å². The van der Waals surface area contributed by atoms with Gasteiger partial charge >= 0.3 is 0 Å². The molecule has 0 unspecified atom stereocenters. The van der Waals surface area contributed by atoms with Crippen LogP contribution in [0.4, 0.5) is 10.1 Å². The normalized spacial score (nSPS) is 9.95. The van der Waals surface area contributed by atoms with Crippen molar-refractivity contribution < 1.29 is 18.7 Å². The van der Waals surface area contributed by atoms with Crippen LogP contribution < -0.4 is 15.8 Å². The van der Waals surface area contributed by atoms with Crippen LogP contribution in [0, 0.1) is 5.82 Å². The summed E-state index contributed by atoms with van der Waals surface area (Å²) >= 11 is 0. The average Bonchev–Trinajstić information content (AvgIpc) is 2.48. The summed E-state index contributed by atoms with van der Waals surface area (Å²) in [4.78, 5) is 22.5. The first kappa shape index (κ1) is 14.5. The van der Waals surface area contributed by atoms with Crippen LogP contribution in [0.1, 0.15) is 10.4 Å². The monoisotopic (exact) mass is 288 g/mol. The van der Waals surface area contributed by atoms with Crippen molar-refractivity contribution in [3.8, 4) is 5.75 Å². The number of nitrogens with one attached hydrogen (secondary N) is 1. The van der Waals surface area contributed by atoms with E-state index in [0.29, 0.717) is 11.3 Å². The van der Waals surface area contributed by atoms with Crippen molar-refractivity contribution in [3.63, 3.8) is 0 Å². The van der Waals surface area contributed by atoms with E-state index in [4.69, 9.17) is 10.5 Å². The SMILES string of the molecule is NC(=O)c1ccc(OCC(=O)Nc2ccccc2F)cc1. The highest BCUT2D eigenvalue weighted by molar-refractivity contribution is 5.93. The lowest BCUT2D eigenvalue weighted by Gasteiger charge is -2.08. The van der Waals surface area contributed by atoms with Crippen LogP contribution in [0.5, 0.6) is 5.75 Å². The number of benzene rings is 2. The molecule has 0 heterocycles. The lowest BCUT2D eigenvalue weighted by molar-refractivity contribution is -0.118. The average molecular weight is 288 g/mol. The first-order valence-corrected chi connectivity index (χ1v) is 6.13. The number of amides is 2. The van der Waals surface area contributed by atoms with E-state index in [1.165, 1.54) is 42.5 Å². The van der Waals surface area contributed by atoms with Gasteiger partial charge in [0.15, 0.2) is 6.61 Å². The molecule has 0 bridgehead atoms. The molecule has 2 amide bonds. The van der Waals surface area contributed by atoms with Crippen LogP contribution >= 0.6 is 0 Å². The molecule has 5 nitrogen and oxygen atoms in total. The van der Waals surface area contributed by atoms with Gasteiger partial charge in [-0.25, -0.2) is 4.39 Å². The Morgan fingerprint density at radius 2 is 1.76 bits per heavy atom. The number of hydrogen-bond acceptors (Lipinski definition) is 3. The van der Waals surface area contributed by atoms with E-state index in [9.17, 15) is 14.0 Å². The Morgan fingerprint density at radius 3 is 2.38 bits per heavy atom. The number of carbonyl (C=O) groups is 2. The third kappa shape index (κ3) is 4.04. The number of ether oxygens (including phenoxy) is 1. The summed E-state index contributed by atoms with van der Waals surface area (Å²) < 4.78 is 18.6. The van der Waals surface area contributed by atoms with Crippen LogP contribution in [0.3, 0.4) is 0 Å². The van der Waals surface area contributed by atoms with Gasteiger partial charge in [-0.2, -0.15) is 0 Å². The Bertz CT molecular complexity index is 656. The number of para-hydroxylation sites is 1. The van der Waals surface area contributed by atoms with Gasteiger partial charge in [0.1, 0.15) is 11.6 Å². The molecule has 0 spiro atoms. The van der Waals surface area contributed by atoms with E-state index in [1.54, 1.807) is 6.07 Å². The molecule has 2 aromatic carbocycles. The second kappa shape index (κ2) is 6.51. The number of primary amides is 1. The summed E-state index contributed by atoms with van der Waals surface area (Å²) in [6.07, 6.45) is 0. The Hall–Kier alpha value is -2.89. The third-order valence-electron chi connectivity index (χ3n) is 2.66. The number of hydrogen-bond donors (Lipinski definition) is 2. The lowest BCUT2D eigenvalue weighted by Crippen LogP contribution is -2.20. The second-order valence-corrected chi connectivity index (χ2v) is 4.21.